The number of rotatable bonds is 5. The summed E-state index contributed by atoms with van der Waals surface area (Å²) in [5.41, 5.74) is 6.64. The van der Waals surface area contributed by atoms with E-state index in [0.29, 0.717) is 10.7 Å². The maximum absolute atomic E-state index is 13.4. The highest BCUT2D eigenvalue weighted by Crippen LogP contribution is 2.35. The Labute approximate surface area is 221 Å². The highest BCUT2D eigenvalue weighted by Gasteiger charge is 2.27. The Morgan fingerprint density at radius 3 is 2.68 bits per heavy atom. The highest BCUT2D eigenvalue weighted by atomic mass is 35.5. The maximum Gasteiger partial charge on any atom is 0.411 e. The molecule has 190 valence electrons. The lowest BCUT2D eigenvalue weighted by atomic mass is 10.0. The minimum absolute atomic E-state index is 0.0861. The average Bonchev–Trinajstić information content (AvgIpc) is 3.70. The summed E-state index contributed by atoms with van der Waals surface area (Å²) in [6.45, 7) is 0. The monoisotopic (exact) mass is 527 g/mol. The van der Waals surface area contributed by atoms with Gasteiger partial charge in [-0.1, -0.05) is 23.7 Å². The number of hydrogen-bond donors (Lipinski definition) is 2. The zero-order chi connectivity index (χ0) is 26.2. The Balaban J connectivity index is 1.30. The van der Waals surface area contributed by atoms with Crippen LogP contribution in [0.4, 0.5) is 10.5 Å². The number of anilines is 1. The number of nitrogens with zero attached hydrogens (tertiary/aromatic N) is 5. The van der Waals surface area contributed by atoms with Gasteiger partial charge in [0.05, 0.1) is 18.8 Å². The molecule has 38 heavy (non-hydrogen) atoms. The van der Waals surface area contributed by atoms with Crippen LogP contribution >= 0.6 is 11.6 Å². The molecule has 6 rings (SSSR count). The normalized spacial score (nSPS) is 14.3. The first kappa shape index (κ1) is 23.7. The first-order valence-electron chi connectivity index (χ1n) is 11.9. The largest absolute Gasteiger partial charge is 0.453 e. The topological polar surface area (TPSA) is 120 Å². The van der Waals surface area contributed by atoms with Gasteiger partial charge in [-0.2, -0.15) is 4.68 Å². The number of aromatic nitrogens is 6. The molecule has 0 bridgehead atoms. The number of nitrogens with one attached hydrogen (secondary N) is 2. The number of fused-ring (bicyclic) bond motifs is 1. The second kappa shape index (κ2) is 9.64. The Kier molecular flexibility index (Phi) is 6.01. The van der Waals surface area contributed by atoms with E-state index in [4.69, 9.17) is 11.6 Å². The van der Waals surface area contributed by atoms with Crippen LogP contribution < -0.4 is 10.9 Å². The van der Waals surface area contributed by atoms with Crippen molar-refractivity contribution in [3.05, 3.63) is 99.8 Å². The fraction of sp³-hybridized carbons (Fsp3) is 0.148. The van der Waals surface area contributed by atoms with Gasteiger partial charge >= 0.3 is 6.09 Å². The Bertz CT molecular complexity index is 1690. The van der Waals surface area contributed by atoms with Crippen LogP contribution in [0.3, 0.4) is 0 Å². The van der Waals surface area contributed by atoms with Crippen LogP contribution in [0.25, 0.3) is 28.1 Å². The van der Waals surface area contributed by atoms with Crippen LogP contribution in [-0.4, -0.2) is 43.0 Å². The molecule has 2 N–H and O–H groups in total. The van der Waals surface area contributed by atoms with Gasteiger partial charge < -0.3 is 14.3 Å². The van der Waals surface area contributed by atoms with Crippen molar-refractivity contribution in [2.24, 2.45) is 0 Å². The second-order valence-electron chi connectivity index (χ2n) is 8.94. The molecule has 0 radical (unpaired) electrons. The molecule has 3 aromatic heterocycles. The average molecular weight is 528 g/mol. The molecule has 0 fully saturated rings. The molecule has 11 heteroatoms. The van der Waals surface area contributed by atoms with Gasteiger partial charge in [0.15, 0.2) is 0 Å². The summed E-state index contributed by atoms with van der Waals surface area (Å²) in [5.74, 6) is 0. The van der Waals surface area contributed by atoms with Crippen molar-refractivity contribution in [2.75, 3.05) is 12.4 Å². The molecule has 10 nitrogen and oxygen atoms in total. The molecule has 5 aromatic rings. The smallest absolute Gasteiger partial charge is 0.411 e. The van der Waals surface area contributed by atoms with E-state index in [-0.39, 0.29) is 11.6 Å². The third-order valence-corrected chi connectivity index (χ3v) is 6.93. The lowest BCUT2D eigenvalue weighted by Gasteiger charge is -2.15. The van der Waals surface area contributed by atoms with Gasteiger partial charge in [0, 0.05) is 39.4 Å². The first-order chi connectivity index (χ1) is 18.5. The number of tetrazole rings is 1. The van der Waals surface area contributed by atoms with Gasteiger partial charge in [-0.25, -0.2) is 4.79 Å². The molecule has 1 amide bonds. The van der Waals surface area contributed by atoms with Crippen LogP contribution in [0.5, 0.6) is 0 Å². The van der Waals surface area contributed by atoms with E-state index in [1.807, 2.05) is 59.2 Å². The van der Waals surface area contributed by atoms with Crippen molar-refractivity contribution < 1.29 is 9.53 Å². The van der Waals surface area contributed by atoms with Gasteiger partial charge in [-0.15, -0.1) is 5.10 Å². The number of hydrogen-bond acceptors (Lipinski definition) is 6. The number of methoxy groups -OCH3 is 1. The molecule has 0 unspecified atom stereocenters. The summed E-state index contributed by atoms with van der Waals surface area (Å²) in [4.78, 5) is 28.3. The number of carbonyl (C=O) groups is 1. The number of aryl methyl sites for hydroxylation is 1. The van der Waals surface area contributed by atoms with E-state index in [1.54, 1.807) is 16.8 Å². The van der Waals surface area contributed by atoms with Crippen LogP contribution in [0.15, 0.2) is 77.9 Å². The molecule has 0 saturated heterocycles. The molecule has 1 aliphatic heterocycles. The summed E-state index contributed by atoms with van der Waals surface area (Å²) in [6.07, 6.45) is 2.55. The fourth-order valence-electron chi connectivity index (χ4n) is 4.93. The van der Waals surface area contributed by atoms with E-state index in [2.05, 4.69) is 30.6 Å². The predicted molar refractivity (Wildman–Crippen MR) is 143 cm³/mol. The van der Waals surface area contributed by atoms with Crippen molar-refractivity contribution in [1.82, 2.24) is 29.8 Å². The number of pyridine rings is 1. The third kappa shape index (κ3) is 4.35. The fourth-order valence-corrected chi connectivity index (χ4v) is 5.10. The summed E-state index contributed by atoms with van der Waals surface area (Å²) in [5, 5.41) is 14.6. The minimum atomic E-state index is -0.518. The van der Waals surface area contributed by atoms with Gasteiger partial charge in [0.1, 0.15) is 6.33 Å². The molecule has 1 atom stereocenters. The quantitative estimate of drug-likeness (QED) is 0.337. The minimum Gasteiger partial charge on any atom is -0.453 e. The molecule has 1 aliphatic rings. The molecule has 0 aliphatic carbocycles. The summed E-state index contributed by atoms with van der Waals surface area (Å²) < 4.78 is 8.03. The number of aromatic amines is 1. The summed E-state index contributed by atoms with van der Waals surface area (Å²) in [6, 6.07) is 20.5. The number of amides is 1. The SMILES string of the molecule is COC(=O)Nc1ccc(-c2ccc([C@@H]3CCc4cc(-c5cc(Cl)ccc5-n5cnnn5)cc(=O)n43)[nH]2)cc1. The third-order valence-electron chi connectivity index (χ3n) is 6.69. The molecule has 4 heterocycles. The number of ether oxygens (including phenoxy) is 1. The zero-order valence-corrected chi connectivity index (χ0v) is 21.0. The van der Waals surface area contributed by atoms with Crippen LogP contribution in [0.1, 0.15) is 23.9 Å². The number of benzene rings is 2. The first-order valence-corrected chi connectivity index (χ1v) is 12.3. The van der Waals surface area contributed by atoms with Gasteiger partial charge in [-0.05, 0) is 82.9 Å². The summed E-state index contributed by atoms with van der Waals surface area (Å²) in [7, 11) is 1.32. The molecule has 2 aromatic carbocycles. The van der Waals surface area contributed by atoms with E-state index in [9.17, 15) is 9.59 Å². The van der Waals surface area contributed by atoms with E-state index < -0.39 is 6.09 Å². The van der Waals surface area contributed by atoms with Gasteiger partial charge in [-0.3, -0.25) is 10.1 Å². The predicted octanol–water partition coefficient (Wildman–Crippen LogP) is 4.85. The maximum atomic E-state index is 13.4. The van der Waals surface area contributed by atoms with E-state index >= 15 is 0 Å². The molecule has 0 spiro atoms. The Morgan fingerprint density at radius 1 is 1.08 bits per heavy atom. The molecule has 0 saturated carbocycles. The van der Waals surface area contributed by atoms with Crippen molar-refractivity contribution in [1.29, 1.82) is 0 Å². The van der Waals surface area contributed by atoms with Crippen LogP contribution in [0, 0.1) is 0 Å². The summed E-state index contributed by atoms with van der Waals surface area (Å²) >= 11 is 6.31. The standard InChI is InChI=1S/C27H22ClN7O3/c1-38-27(37)30-19-5-2-16(3-6-19)22-8-9-23(31-22)25-11-7-20-12-17(13-26(36)35(20)25)21-14-18(28)4-10-24(21)34-15-29-32-33-34/h2-6,8-10,12-15,25,31H,7,11H2,1H3,(H,30,37)/t25-/m0/s1. The van der Waals surface area contributed by atoms with Gasteiger partial charge in [0.25, 0.3) is 5.56 Å². The Morgan fingerprint density at radius 2 is 1.92 bits per heavy atom. The lowest BCUT2D eigenvalue weighted by molar-refractivity contribution is 0.187. The zero-order valence-electron chi connectivity index (χ0n) is 20.3. The van der Waals surface area contributed by atoms with Crippen LogP contribution in [-0.2, 0) is 11.2 Å². The lowest BCUT2D eigenvalue weighted by Crippen LogP contribution is -2.23. The van der Waals surface area contributed by atoms with Crippen molar-refractivity contribution in [2.45, 2.75) is 18.9 Å². The second-order valence-corrected chi connectivity index (χ2v) is 9.37. The number of H-pyrrole nitrogens is 1. The van der Waals surface area contributed by atoms with Gasteiger partial charge in [0.2, 0.25) is 0 Å². The number of carbonyl (C=O) groups excluding carboxylic acids is 1. The van der Waals surface area contributed by atoms with Crippen molar-refractivity contribution in [3.63, 3.8) is 0 Å². The highest BCUT2D eigenvalue weighted by molar-refractivity contribution is 6.31. The number of halogens is 1. The molecular weight excluding hydrogens is 506 g/mol. The van der Waals surface area contributed by atoms with Crippen molar-refractivity contribution >= 4 is 23.4 Å². The van der Waals surface area contributed by atoms with Crippen LogP contribution in [0.2, 0.25) is 5.02 Å². The van der Waals surface area contributed by atoms with Crippen molar-refractivity contribution in [3.8, 4) is 28.1 Å². The van der Waals surface area contributed by atoms with E-state index in [1.165, 1.54) is 13.4 Å². The van der Waals surface area contributed by atoms with E-state index in [0.717, 1.165) is 52.3 Å². The Hall–Kier alpha value is -4.70. The molecular formula is C27H22ClN7O3.